The highest BCUT2D eigenvalue weighted by Gasteiger charge is 2.21. The van der Waals surface area contributed by atoms with E-state index in [1.807, 2.05) is 78.9 Å². The van der Waals surface area contributed by atoms with E-state index in [4.69, 9.17) is 21.0 Å². The monoisotopic (exact) mass is 532 g/mol. The van der Waals surface area contributed by atoms with E-state index in [1.54, 1.807) is 0 Å². The zero-order chi connectivity index (χ0) is 25.6. The molecule has 1 saturated heterocycles. The Morgan fingerprint density at radius 1 is 0.973 bits per heavy atom. The molecule has 0 saturated carbocycles. The van der Waals surface area contributed by atoms with Crippen molar-refractivity contribution in [2.24, 2.45) is 0 Å². The Hall–Kier alpha value is -3.26. The van der Waals surface area contributed by atoms with E-state index >= 15 is 0 Å². The molecule has 0 radical (unpaired) electrons. The van der Waals surface area contributed by atoms with Crippen molar-refractivity contribution in [2.45, 2.75) is 12.1 Å². The Morgan fingerprint density at radius 2 is 1.65 bits per heavy atom. The maximum atomic E-state index is 13.0. The fourth-order valence-electron chi connectivity index (χ4n) is 4.44. The zero-order valence-corrected chi connectivity index (χ0v) is 22.3. The second-order valence-electron chi connectivity index (χ2n) is 8.81. The van der Waals surface area contributed by atoms with Crippen molar-refractivity contribution in [1.82, 2.24) is 9.88 Å². The van der Waals surface area contributed by atoms with E-state index < -0.39 is 0 Å². The van der Waals surface area contributed by atoms with Gasteiger partial charge in [-0.2, -0.15) is 0 Å². The molecule has 6 nitrogen and oxygen atoms in total. The van der Waals surface area contributed by atoms with Crippen LogP contribution < -0.4 is 10.2 Å². The SMILES string of the molecule is CCN1CCN(c2ccc(Cl)cc2NC(=O)CSc2nc(-c3ccccc3)c(-c3ccccc3)o2)CC1. The van der Waals surface area contributed by atoms with Crippen LogP contribution in [0.3, 0.4) is 0 Å². The third kappa shape index (κ3) is 6.18. The molecular weight excluding hydrogens is 504 g/mol. The molecule has 0 aliphatic carbocycles. The topological polar surface area (TPSA) is 61.6 Å². The van der Waals surface area contributed by atoms with Crippen molar-refractivity contribution in [2.75, 3.05) is 48.7 Å². The lowest BCUT2D eigenvalue weighted by Crippen LogP contribution is -2.46. The summed E-state index contributed by atoms with van der Waals surface area (Å²) in [6, 6.07) is 25.5. The number of piperazine rings is 1. The van der Waals surface area contributed by atoms with Crippen LogP contribution in [0.4, 0.5) is 11.4 Å². The predicted molar refractivity (Wildman–Crippen MR) is 153 cm³/mol. The number of halogens is 1. The molecule has 37 heavy (non-hydrogen) atoms. The molecule has 1 N–H and O–H groups in total. The van der Waals surface area contributed by atoms with Crippen LogP contribution in [0.5, 0.6) is 0 Å². The molecule has 1 aromatic heterocycles. The number of hydrogen-bond donors (Lipinski definition) is 1. The van der Waals surface area contributed by atoms with Crippen molar-refractivity contribution in [1.29, 1.82) is 0 Å². The highest BCUT2D eigenvalue weighted by atomic mass is 35.5. The molecule has 0 unspecified atom stereocenters. The number of rotatable bonds is 8. The number of oxazole rings is 1. The molecule has 8 heteroatoms. The molecule has 1 aliphatic rings. The number of carbonyl (C=O) groups is 1. The number of amides is 1. The molecular formula is C29H29ClN4O2S. The molecule has 3 aromatic carbocycles. The fraction of sp³-hybridized carbons (Fsp3) is 0.241. The molecule has 0 bridgehead atoms. The van der Waals surface area contributed by atoms with Crippen LogP contribution in [0.15, 0.2) is 88.5 Å². The smallest absolute Gasteiger partial charge is 0.257 e. The van der Waals surface area contributed by atoms with Gasteiger partial charge in [0.25, 0.3) is 5.22 Å². The number of nitrogens with one attached hydrogen (secondary N) is 1. The van der Waals surface area contributed by atoms with E-state index in [-0.39, 0.29) is 11.7 Å². The van der Waals surface area contributed by atoms with Crippen LogP contribution in [0, 0.1) is 0 Å². The highest BCUT2D eigenvalue weighted by molar-refractivity contribution is 7.99. The summed E-state index contributed by atoms with van der Waals surface area (Å²) in [6.45, 7) is 7.05. The summed E-state index contributed by atoms with van der Waals surface area (Å²) in [5.74, 6) is 0.720. The van der Waals surface area contributed by atoms with Crippen LogP contribution in [-0.4, -0.2) is 54.3 Å². The van der Waals surface area contributed by atoms with E-state index in [0.717, 1.165) is 60.9 Å². The lowest BCUT2D eigenvalue weighted by molar-refractivity contribution is -0.113. The number of carbonyl (C=O) groups excluding carboxylic acids is 1. The summed E-state index contributed by atoms with van der Waals surface area (Å²) in [4.78, 5) is 22.5. The third-order valence-corrected chi connectivity index (χ3v) is 7.47. The number of anilines is 2. The van der Waals surface area contributed by atoms with Crippen molar-refractivity contribution < 1.29 is 9.21 Å². The molecule has 0 spiro atoms. The first kappa shape index (κ1) is 25.4. The first-order valence-corrected chi connectivity index (χ1v) is 13.8. The van der Waals surface area contributed by atoms with Gasteiger partial charge in [0.15, 0.2) is 5.76 Å². The number of thioether (sulfide) groups is 1. The largest absolute Gasteiger partial charge is 0.431 e. The summed E-state index contributed by atoms with van der Waals surface area (Å²) >= 11 is 7.56. The zero-order valence-electron chi connectivity index (χ0n) is 20.7. The second-order valence-corrected chi connectivity index (χ2v) is 10.2. The van der Waals surface area contributed by atoms with E-state index in [2.05, 4.69) is 22.0 Å². The van der Waals surface area contributed by atoms with Gasteiger partial charge in [-0.1, -0.05) is 91.0 Å². The molecule has 0 atom stereocenters. The van der Waals surface area contributed by atoms with Gasteiger partial charge >= 0.3 is 0 Å². The first-order chi connectivity index (χ1) is 18.1. The van der Waals surface area contributed by atoms with Gasteiger partial charge in [-0.15, -0.1) is 0 Å². The van der Waals surface area contributed by atoms with E-state index in [1.165, 1.54) is 11.8 Å². The number of aromatic nitrogens is 1. The summed E-state index contributed by atoms with van der Waals surface area (Å²) in [6.07, 6.45) is 0. The van der Waals surface area contributed by atoms with Gasteiger partial charge in [0.1, 0.15) is 5.69 Å². The molecule has 1 amide bonds. The standard InChI is InChI=1S/C29H29ClN4O2S/c1-2-33-15-17-34(18-16-33)25-14-13-23(30)19-24(25)31-26(35)20-37-29-32-27(21-9-5-3-6-10-21)28(36-29)22-11-7-4-8-12-22/h3-14,19H,2,15-18,20H2,1H3,(H,31,35). The van der Waals surface area contributed by atoms with Gasteiger partial charge < -0.3 is 19.5 Å². The van der Waals surface area contributed by atoms with Gasteiger partial charge in [0, 0.05) is 42.3 Å². The molecule has 2 heterocycles. The van der Waals surface area contributed by atoms with Gasteiger partial charge in [0.05, 0.1) is 17.1 Å². The lowest BCUT2D eigenvalue weighted by atomic mass is 10.1. The van der Waals surface area contributed by atoms with Crippen molar-refractivity contribution in [3.05, 3.63) is 83.9 Å². The van der Waals surface area contributed by atoms with Crippen molar-refractivity contribution in [3.8, 4) is 22.6 Å². The Balaban J connectivity index is 1.30. The second kappa shape index (κ2) is 11.9. The Morgan fingerprint density at radius 3 is 2.32 bits per heavy atom. The van der Waals surface area contributed by atoms with Crippen LogP contribution in [0.25, 0.3) is 22.6 Å². The average molecular weight is 533 g/mol. The quantitative estimate of drug-likeness (QED) is 0.260. The Kier molecular flexibility index (Phi) is 8.14. The minimum atomic E-state index is -0.138. The van der Waals surface area contributed by atoms with E-state index in [9.17, 15) is 4.79 Å². The fourth-order valence-corrected chi connectivity index (χ4v) is 5.24. The normalized spacial score (nSPS) is 14.1. The number of benzene rings is 3. The summed E-state index contributed by atoms with van der Waals surface area (Å²) in [5, 5.41) is 4.10. The maximum absolute atomic E-state index is 13.0. The van der Waals surface area contributed by atoms with Gasteiger partial charge in [-0.05, 0) is 24.7 Å². The van der Waals surface area contributed by atoms with Crippen LogP contribution >= 0.6 is 23.4 Å². The first-order valence-electron chi connectivity index (χ1n) is 12.4. The van der Waals surface area contributed by atoms with Crippen molar-refractivity contribution in [3.63, 3.8) is 0 Å². The Labute approximate surface area is 226 Å². The lowest BCUT2D eigenvalue weighted by Gasteiger charge is -2.36. The minimum Gasteiger partial charge on any atom is -0.431 e. The predicted octanol–water partition coefficient (Wildman–Crippen LogP) is 6.53. The van der Waals surface area contributed by atoms with Gasteiger partial charge in [-0.25, -0.2) is 4.98 Å². The highest BCUT2D eigenvalue weighted by Crippen LogP contribution is 2.36. The molecule has 1 fully saturated rings. The maximum Gasteiger partial charge on any atom is 0.257 e. The van der Waals surface area contributed by atoms with Crippen molar-refractivity contribution >= 4 is 40.6 Å². The summed E-state index contributed by atoms with van der Waals surface area (Å²) in [5.41, 5.74) is 4.39. The molecule has 1 aliphatic heterocycles. The Bertz CT molecular complexity index is 1280. The molecule has 190 valence electrons. The molecule has 4 aromatic rings. The summed E-state index contributed by atoms with van der Waals surface area (Å²) < 4.78 is 6.15. The number of likely N-dealkylation sites (N-methyl/N-ethyl adjacent to an activating group) is 1. The van der Waals surface area contributed by atoms with Crippen LogP contribution in [0.2, 0.25) is 5.02 Å². The molecule has 5 rings (SSSR count). The number of hydrogen-bond acceptors (Lipinski definition) is 6. The van der Waals surface area contributed by atoms with Crippen LogP contribution in [-0.2, 0) is 4.79 Å². The van der Waals surface area contributed by atoms with Crippen LogP contribution in [0.1, 0.15) is 6.92 Å². The third-order valence-electron chi connectivity index (χ3n) is 6.41. The average Bonchev–Trinajstić information content (AvgIpc) is 3.38. The number of nitrogens with zero attached hydrogens (tertiary/aromatic N) is 3. The summed E-state index contributed by atoms with van der Waals surface area (Å²) in [7, 11) is 0. The van der Waals surface area contributed by atoms with Gasteiger partial charge in [-0.3, -0.25) is 4.79 Å². The minimum absolute atomic E-state index is 0.138. The van der Waals surface area contributed by atoms with E-state index in [0.29, 0.717) is 16.0 Å². The van der Waals surface area contributed by atoms with Gasteiger partial charge in [0.2, 0.25) is 5.91 Å².